The Balaban J connectivity index is 2.64. The van der Waals surface area contributed by atoms with Crippen LogP contribution in [-0.4, -0.2) is 13.1 Å². The number of ether oxygens (including phenoxy) is 1. The number of carbonyl (C=O) groups is 1. The first-order valence-corrected chi connectivity index (χ1v) is 4.55. The summed E-state index contributed by atoms with van der Waals surface area (Å²) in [5.41, 5.74) is 7.41. The number of esters is 1. The van der Waals surface area contributed by atoms with Gasteiger partial charge in [0, 0.05) is 5.69 Å². The zero-order valence-electron chi connectivity index (χ0n) is 8.49. The summed E-state index contributed by atoms with van der Waals surface area (Å²) in [6.07, 6.45) is 0.664. The molecule has 0 aromatic heterocycles. The number of hydrogen-bond acceptors (Lipinski definition) is 3. The molecule has 0 aliphatic heterocycles. The first-order chi connectivity index (χ1) is 6.63. The van der Waals surface area contributed by atoms with Crippen LogP contribution in [0, 0.1) is 5.92 Å². The summed E-state index contributed by atoms with van der Waals surface area (Å²) >= 11 is 0. The largest absolute Gasteiger partial charge is 0.469 e. The fourth-order valence-electron chi connectivity index (χ4n) is 1.36. The van der Waals surface area contributed by atoms with Gasteiger partial charge in [-0.25, -0.2) is 0 Å². The second kappa shape index (κ2) is 4.65. The number of hydrogen-bond donors (Lipinski definition) is 1. The monoisotopic (exact) mass is 193 g/mol. The quantitative estimate of drug-likeness (QED) is 0.586. The fourth-order valence-corrected chi connectivity index (χ4v) is 1.36. The molecular weight excluding hydrogens is 178 g/mol. The average molecular weight is 193 g/mol. The Kier molecular flexibility index (Phi) is 3.51. The predicted octanol–water partition coefficient (Wildman–Crippen LogP) is 1.62. The fraction of sp³-hybridized carbons (Fsp3) is 0.364. The molecule has 1 aromatic carbocycles. The van der Waals surface area contributed by atoms with E-state index in [9.17, 15) is 4.79 Å². The maximum Gasteiger partial charge on any atom is 0.308 e. The first kappa shape index (κ1) is 10.6. The van der Waals surface area contributed by atoms with E-state index < -0.39 is 0 Å². The lowest BCUT2D eigenvalue weighted by Crippen LogP contribution is -2.15. The Labute approximate surface area is 83.9 Å². The molecule has 3 heteroatoms. The topological polar surface area (TPSA) is 52.3 Å². The first-order valence-electron chi connectivity index (χ1n) is 4.55. The molecule has 0 aliphatic carbocycles. The molecule has 0 saturated heterocycles. The van der Waals surface area contributed by atoms with Gasteiger partial charge in [-0.2, -0.15) is 0 Å². The SMILES string of the molecule is COC(=O)[C@@H](C)Cc1cccc(N)c1. The van der Waals surface area contributed by atoms with Crippen molar-refractivity contribution in [1.82, 2.24) is 0 Å². The zero-order chi connectivity index (χ0) is 10.6. The summed E-state index contributed by atoms with van der Waals surface area (Å²) in [6, 6.07) is 7.54. The van der Waals surface area contributed by atoms with E-state index in [0.29, 0.717) is 6.42 Å². The van der Waals surface area contributed by atoms with E-state index >= 15 is 0 Å². The lowest BCUT2D eigenvalue weighted by Gasteiger charge is -2.09. The molecule has 0 unspecified atom stereocenters. The van der Waals surface area contributed by atoms with E-state index in [1.54, 1.807) is 0 Å². The normalized spacial score (nSPS) is 12.1. The van der Waals surface area contributed by atoms with Gasteiger partial charge in [-0.3, -0.25) is 4.79 Å². The maximum atomic E-state index is 11.1. The minimum Gasteiger partial charge on any atom is -0.469 e. The van der Waals surface area contributed by atoms with Gasteiger partial charge >= 0.3 is 5.97 Å². The summed E-state index contributed by atoms with van der Waals surface area (Å²) in [4.78, 5) is 11.1. The molecule has 0 saturated carbocycles. The minimum atomic E-state index is -0.188. The van der Waals surface area contributed by atoms with Crippen molar-refractivity contribution in [2.24, 2.45) is 5.92 Å². The number of carbonyl (C=O) groups excluding carboxylic acids is 1. The number of rotatable bonds is 3. The van der Waals surface area contributed by atoms with Crippen LogP contribution < -0.4 is 5.73 Å². The Hall–Kier alpha value is -1.51. The summed E-state index contributed by atoms with van der Waals surface area (Å²) in [5.74, 6) is -0.311. The molecule has 1 atom stereocenters. The molecule has 2 N–H and O–H groups in total. The lowest BCUT2D eigenvalue weighted by atomic mass is 10.0. The van der Waals surface area contributed by atoms with E-state index in [0.717, 1.165) is 11.3 Å². The molecule has 0 fully saturated rings. The molecule has 0 radical (unpaired) electrons. The number of anilines is 1. The summed E-state index contributed by atoms with van der Waals surface area (Å²) < 4.78 is 4.64. The molecule has 0 spiro atoms. The van der Waals surface area contributed by atoms with Crippen LogP contribution >= 0.6 is 0 Å². The van der Waals surface area contributed by atoms with Gasteiger partial charge in [-0.15, -0.1) is 0 Å². The molecule has 0 bridgehead atoms. The van der Waals surface area contributed by atoms with Crippen LogP contribution in [0.25, 0.3) is 0 Å². The van der Waals surface area contributed by atoms with E-state index in [-0.39, 0.29) is 11.9 Å². The second-order valence-electron chi connectivity index (χ2n) is 3.37. The maximum absolute atomic E-state index is 11.1. The molecule has 1 aromatic rings. The number of nitrogen functional groups attached to an aromatic ring is 1. The van der Waals surface area contributed by atoms with Crippen molar-refractivity contribution in [3.05, 3.63) is 29.8 Å². The van der Waals surface area contributed by atoms with Crippen molar-refractivity contribution in [3.8, 4) is 0 Å². The van der Waals surface area contributed by atoms with E-state index in [2.05, 4.69) is 4.74 Å². The molecule has 14 heavy (non-hydrogen) atoms. The Morgan fingerprint density at radius 3 is 2.86 bits per heavy atom. The Morgan fingerprint density at radius 2 is 2.29 bits per heavy atom. The second-order valence-corrected chi connectivity index (χ2v) is 3.37. The van der Waals surface area contributed by atoms with Crippen LogP contribution in [-0.2, 0) is 16.0 Å². The molecule has 0 aliphatic rings. The zero-order valence-corrected chi connectivity index (χ0v) is 8.49. The van der Waals surface area contributed by atoms with Crippen molar-refractivity contribution in [1.29, 1.82) is 0 Å². The van der Waals surface area contributed by atoms with Crippen molar-refractivity contribution in [2.45, 2.75) is 13.3 Å². The van der Waals surface area contributed by atoms with Gasteiger partial charge in [0.2, 0.25) is 0 Å². The lowest BCUT2D eigenvalue weighted by molar-refractivity contribution is -0.144. The van der Waals surface area contributed by atoms with Gasteiger partial charge in [-0.05, 0) is 24.1 Å². The van der Waals surface area contributed by atoms with Gasteiger partial charge in [0.1, 0.15) is 0 Å². The third-order valence-electron chi connectivity index (χ3n) is 2.10. The molecule has 0 amide bonds. The molecule has 0 heterocycles. The van der Waals surface area contributed by atoms with Crippen LogP contribution in [0.5, 0.6) is 0 Å². The van der Waals surface area contributed by atoms with Gasteiger partial charge in [0.25, 0.3) is 0 Å². The van der Waals surface area contributed by atoms with Crippen molar-refractivity contribution in [3.63, 3.8) is 0 Å². The highest BCUT2D eigenvalue weighted by atomic mass is 16.5. The number of methoxy groups -OCH3 is 1. The van der Waals surface area contributed by atoms with Crippen molar-refractivity contribution >= 4 is 11.7 Å². The Morgan fingerprint density at radius 1 is 1.57 bits per heavy atom. The van der Waals surface area contributed by atoms with Crippen molar-refractivity contribution in [2.75, 3.05) is 12.8 Å². The Bertz CT molecular complexity index is 323. The van der Waals surface area contributed by atoms with E-state index in [4.69, 9.17) is 5.73 Å². The van der Waals surface area contributed by atoms with Crippen LogP contribution in [0.4, 0.5) is 5.69 Å². The standard InChI is InChI=1S/C11H15NO2/c1-8(11(13)14-2)6-9-4-3-5-10(12)7-9/h3-5,7-8H,6,12H2,1-2H3/t8-/m0/s1. The van der Waals surface area contributed by atoms with E-state index in [1.165, 1.54) is 7.11 Å². The number of nitrogens with two attached hydrogens (primary N) is 1. The average Bonchev–Trinajstić information content (AvgIpc) is 2.16. The third-order valence-corrected chi connectivity index (χ3v) is 2.10. The summed E-state index contributed by atoms with van der Waals surface area (Å²) in [5, 5.41) is 0. The van der Waals surface area contributed by atoms with Gasteiger partial charge in [0.05, 0.1) is 13.0 Å². The van der Waals surface area contributed by atoms with Crippen molar-refractivity contribution < 1.29 is 9.53 Å². The van der Waals surface area contributed by atoms with Gasteiger partial charge in [-0.1, -0.05) is 19.1 Å². The predicted molar refractivity (Wildman–Crippen MR) is 55.7 cm³/mol. The molecule has 3 nitrogen and oxygen atoms in total. The van der Waals surface area contributed by atoms with Crippen LogP contribution in [0.15, 0.2) is 24.3 Å². The highest BCUT2D eigenvalue weighted by molar-refractivity contribution is 5.72. The van der Waals surface area contributed by atoms with Gasteiger partial charge in [0.15, 0.2) is 0 Å². The van der Waals surface area contributed by atoms with Crippen LogP contribution in [0.1, 0.15) is 12.5 Å². The highest BCUT2D eigenvalue weighted by Crippen LogP contribution is 2.12. The number of benzene rings is 1. The third kappa shape index (κ3) is 2.76. The smallest absolute Gasteiger partial charge is 0.308 e. The molecular formula is C11H15NO2. The summed E-state index contributed by atoms with van der Waals surface area (Å²) in [6.45, 7) is 1.84. The minimum absolute atomic E-state index is 0.123. The van der Waals surface area contributed by atoms with Crippen LogP contribution in [0.3, 0.4) is 0 Å². The van der Waals surface area contributed by atoms with Crippen LogP contribution in [0.2, 0.25) is 0 Å². The molecule has 76 valence electrons. The van der Waals surface area contributed by atoms with Gasteiger partial charge < -0.3 is 10.5 Å². The molecule has 1 rings (SSSR count). The van der Waals surface area contributed by atoms with E-state index in [1.807, 2.05) is 31.2 Å². The highest BCUT2D eigenvalue weighted by Gasteiger charge is 2.13. The summed E-state index contributed by atoms with van der Waals surface area (Å²) in [7, 11) is 1.40.